The summed E-state index contributed by atoms with van der Waals surface area (Å²) in [5.74, 6) is 1.17. The first-order chi connectivity index (χ1) is 5.20. The molecule has 0 unspecified atom stereocenters. The van der Waals surface area contributed by atoms with Crippen LogP contribution in [0.4, 0.5) is 0 Å². The molecule has 0 rings (SSSR count). The predicted molar refractivity (Wildman–Crippen MR) is 53.1 cm³/mol. The molecule has 0 fully saturated rings. The Balaban J connectivity index is 3.51. The molecule has 0 aromatic rings. The van der Waals surface area contributed by atoms with Gasteiger partial charge in [-0.1, -0.05) is 17.7 Å². The zero-order chi connectivity index (χ0) is 8.69. The average molecular weight is 173 g/mol. The van der Waals surface area contributed by atoms with E-state index in [4.69, 9.17) is 11.6 Å². The quantitative estimate of drug-likeness (QED) is 0.438. The van der Waals surface area contributed by atoms with Crippen molar-refractivity contribution >= 4 is 11.6 Å². The highest BCUT2D eigenvalue weighted by atomic mass is 35.5. The van der Waals surface area contributed by atoms with Gasteiger partial charge in [0.2, 0.25) is 0 Å². The van der Waals surface area contributed by atoms with Gasteiger partial charge in [-0.05, 0) is 32.6 Å². The number of allylic oxidation sites excluding steroid dienone is 3. The highest BCUT2D eigenvalue weighted by Gasteiger charge is 1.99. The highest BCUT2D eigenvalue weighted by molar-refractivity contribution is 6.18. The van der Waals surface area contributed by atoms with Crippen LogP contribution in [0.1, 0.15) is 26.7 Å². The maximum atomic E-state index is 5.69. The highest BCUT2D eigenvalue weighted by Crippen LogP contribution is 2.10. The number of hydrogen-bond acceptors (Lipinski definition) is 0. The molecule has 0 aliphatic rings. The van der Waals surface area contributed by atoms with Crippen molar-refractivity contribution in [2.45, 2.75) is 26.7 Å². The van der Waals surface area contributed by atoms with Gasteiger partial charge < -0.3 is 0 Å². The van der Waals surface area contributed by atoms with E-state index in [1.165, 1.54) is 5.57 Å². The Morgan fingerprint density at radius 3 is 2.55 bits per heavy atom. The summed E-state index contributed by atoms with van der Waals surface area (Å²) in [7, 11) is 0. The third-order valence-corrected chi connectivity index (χ3v) is 2.02. The van der Waals surface area contributed by atoms with Crippen molar-refractivity contribution in [1.29, 1.82) is 0 Å². The number of alkyl halides is 1. The minimum Gasteiger partial charge on any atom is -0.126 e. The molecular weight excluding hydrogens is 156 g/mol. The third kappa shape index (κ3) is 6.18. The Morgan fingerprint density at radius 2 is 2.18 bits per heavy atom. The van der Waals surface area contributed by atoms with E-state index in [0.717, 1.165) is 12.8 Å². The van der Waals surface area contributed by atoms with Crippen LogP contribution >= 0.6 is 11.6 Å². The molecule has 1 atom stereocenters. The third-order valence-electron chi connectivity index (χ3n) is 1.62. The molecule has 1 heteroatoms. The SMILES string of the molecule is C=C[C@@H](CCl)CCC=C(C)C. The van der Waals surface area contributed by atoms with Crippen LogP contribution in [0, 0.1) is 5.92 Å². The fraction of sp³-hybridized carbons (Fsp3) is 0.600. The molecule has 0 aliphatic heterocycles. The Bertz CT molecular complexity index is 132. The number of halogens is 1. The van der Waals surface area contributed by atoms with Crippen molar-refractivity contribution in [1.82, 2.24) is 0 Å². The van der Waals surface area contributed by atoms with E-state index < -0.39 is 0 Å². The van der Waals surface area contributed by atoms with Crippen molar-refractivity contribution in [2.75, 3.05) is 5.88 Å². The van der Waals surface area contributed by atoms with Crippen molar-refractivity contribution in [3.05, 3.63) is 24.3 Å². The molecule has 0 aromatic heterocycles. The molecule has 0 amide bonds. The normalized spacial score (nSPS) is 12.3. The lowest BCUT2D eigenvalue weighted by atomic mass is 10.1. The molecule has 64 valence electrons. The van der Waals surface area contributed by atoms with Crippen LogP contribution in [-0.4, -0.2) is 5.88 Å². The molecule has 0 saturated carbocycles. The molecule has 0 spiro atoms. The lowest BCUT2D eigenvalue weighted by molar-refractivity contribution is 0.664. The summed E-state index contributed by atoms with van der Waals surface area (Å²) in [5, 5.41) is 0. The molecule has 11 heavy (non-hydrogen) atoms. The average Bonchev–Trinajstić information content (AvgIpc) is 1.98. The van der Waals surface area contributed by atoms with E-state index >= 15 is 0 Å². The summed E-state index contributed by atoms with van der Waals surface area (Å²) in [6, 6.07) is 0. The maximum absolute atomic E-state index is 5.69. The number of hydrogen-bond donors (Lipinski definition) is 0. The molecule has 0 aromatic carbocycles. The van der Waals surface area contributed by atoms with Crippen LogP contribution in [-0.2, 0) is 0 Å². The molecule has 0 radical (unpaired) electrons. The van der Waals surface area contributed by atoms with Crippen LogP contribution in [0.25, 0.3) is 0 Å². The summed E-state index contributed by atoms with van der Waals surface area (Å²) >= 11 is 5.69. The lowest BCUT2D eigenvalue weighted by Crippen LogP contribution is -1.96. The second kappa shape index (κ2) is 6.48. The Hall–Kier alpha value is -0.230. The fourth-order valence-corrected chi connectivity index (χ4v) is 1.12. The van der Waals surface area contributed by atoms with Crippen LogP contribution in [0.5, 0.6) is 0 Å². The van der Waals surface area contributed by atoms with E-state index in [-0.39, 0.29) is 0 Å². The van der Waals surface area contributed by atoms with E-state index in [0.29, 0.717) is 11.8 Å². The molecule has 0 bridgehead atoms. The molecule has 0 nitrogen and oxygen atoms in total. The summed E-state index contributed by atoms with van der Waals surface area (Å²) in [5.41, 5.74) is 1.38. The number of rotatable bonds is 5. The zero-order valence-corrected chi connectivity index (χ0v) is 8.19. The second-order valence-electron chi connectivity index (χ2n) is 3.01. The van der Waals surface area contributed by atoms with Gasteiger partial charge in [0.25, 0.3) is 0 Å². The first kappa shape index (κ1) is 10.8. The van der Waals surface area contributed by atoms with Gasteiger partial charge in [0.05, 0.1) is 0 Å². The summed E-state index contributed by atoms with van der Waals surface area (Å²) in [4.78, 5) is 0. The predicted octanol–water partition coefficient (Wildman–Crippen LogP) is 3.77. The largest absolute Gasteiger partial charge is 0.126 e. The van der Waals surface area contributed by atoms with Gasteiger partial charge in [-0.2, -0.15) is 0 Å². The first-order valence-electron chi connectivity index (χ1n) is 4.02. The monoisotopic (exact) mass is 172 g/mol. The Kier molecular flexibility index (Phi) is 6.34. The van der Waals surface area contributed by atoms with Gasteiger partial charge in [-0.15, -0.1) is 18.2 Å². The zero-order valence-electron chi connectivity index (χ0n) is 7.44. The topological polar surface area (TPSA) is 0 Å². The van der Waals surface area contributed by atoms with Gasteiger partial charge in [-0.3, -0.25) is 0 Å². The molecule has 0 heterocycles. The van der Waals surface area contributed by atoms with E-state index in [9.17, 15) is 0 Å². The van der Waals surface area contributed by atoms with Crippen molar-refractivity contribution in [3.63, 3.8) is 0 Å². The van der Waals surface area contributed by atoms with Gasteiger partial charge >= 0.3 is 0 Å². The minimum atomic E-state index is 0.479. The Labute approximate surface area is 74.9 Å². The van der Waals surface area contributed by atoms with Gasteiger partial charge in [0, 0.05) is 5.88 Å². The molecular formula is C10H17Cl. The smallest absolute Gasteiger partial charge is 0.0286 e. The van der Waals surface area contributed by atoms with E-state index in [1.54, 1.807) is 0 Å². The standard InChI is InChI=1S/C10H17Cl/c1-4-10(8-11)7-5-6-9(2)3/h4,6,10H,1,5,7-8H2,2-3H3/t10-/m1/s1. The lowest BCUT2D eigenvalue weighted by Gasteiger charge is -2.04. The van der Waals surface area contributed by atoms with Crippen molar-refractivity contribution in [3.8, 4) is 0 Å². The van der Waals surface area contributed by atoms with E-state index in [2.05, 4.69) is 26.5 Å². The second-order valence-corrected chi connectivity index (χ2v) is 3.32. The van der Waals surface area contributed by atoms with Crippen LogP contribution < -0.4 is 0 Å². The van der Waals surface area contributed by atoms with Gasteiger partial charge in [0.1, 0.15) is 0 Å². The molecule has 0 saturated heterocycles. The van der Waals surface area contributed by atoms with Crippen molar-refractivity contribution < 1.29 is 0 Å². The minimum absolute atomic E-state index is 0.479. The van der Waals surface area contributed by atoms with Crippen molar-refractivity contribution in [2.24, 2.45) is 5.92 Å². The molecule has 0 N–H and O–H groups in total. The summed E-state index contributed by atoms with van der Waals surface area (Å²) in [6.07, 6.45) is 6.42. The first-order valence-corrected chi connectivity index (χ1v) is 4.56. The maximum Gasteiger partial charge on any atom is 0.0286 e. The van der Waals surface area contributed by atoms with Gasteiger partial charge in [-0.25, -0.2) is 0 Å². The fourth-order valence-electron chi connectivity index (χ4n) is 0.844. The van der Waals surface area contributed by atoms with Crippen LogP contribution in [0.3, 0.4) is 0 Å². The summed E-state index contributed by atoms with van der Waals surface area (Å²) in [6.45, 7) is 7.95. The van der Waals surface area contributed by atoms with Crippen LogP contribution in [0.2, 0.25) is 0 Å². The summed E-state index contributed by atoms with van der Waals surface area (Å²) < 4.78 is 0. The molecule has 0 aliphatic carbocycles. The van der Waals surface area contributed by atoms with Crippen LogP contribution in [0.15, 0.2) is 24.3 Å². The van der Waals surface area contributed by atoms with E-state index in [1.807, 2.05) is 6.08 Å². The Morgan fingerprint density at radius 1 is 1.55 bits per heavy atom. The van der Waals surface area contributed by atoms with Gasteiger partial charge in [0.15, 0.2) is 0 Å².